The predicted molar refractivity (Wildman–Crippen MR) is 136 cm³/mol. The fraction of sp³-hybridized carbons (Fsp3) is 0.407. The molecule has 35 heavy (non-hydrogen) atoms. The zero-order valence-electron chi connectivity index (χ0n) is 20.7. The fourth-order valence-electron chi connectivity index (χ4n) is 4.33. The molecule has 1 saturated heterocycles. The standard InChI is InChI=1S/C27H32ClFN4O2/c1-16(2)35-19-9-7-18(8-10-19)30-26(34)24-15-20(23-12-13-33(32-23)27(3,4)5)25(31-24)17-6-11-21(28)22(29)14-17/h6-14,16,20,24-25,31H,15H2,1-5H3,(H,30,34)/t20-,24+,25+/m1/s1. The van der Waals surface area contributed by atoms with E-state index in [4.69, 9.17) is 21.4 Å². The van der Waals surface area contributed by atoms with Crippen LogP contribution in [0.2, 0.25) is 5.02 Å². The highest BCUT2D eigenvalue weighted by molar-refractivity contribution is 6.30. The van der Waals surface area contributed by atoms with E-state index in [1.807, 2.05) is 55.1 Å². The molecule has 3 atom stereocenters. The number of carbonyl (C=O) groups excluding carboxylic acids is 1. The van der Waals surface area contributed by atoms with Crippen LogP contribution >= 0.6 is 11.6 Å². The van der Waals surface area contributed by atoms with Gasteiger partial charge in [-0.25, -0.2) is 4.39 Å². The molecule has 1 aromatic heterocycles. The summed E-state index contributed by atoms with van der Waals surface area (Å²) in [6.45, 7) is 10.2. The van der Waals surface area contributed by atoms with Crippen molar-refractivity contribution in [1.29, 1.82) is 0 Å². The molecule has 186 valence electrons. The van der Waals surface area contributed by atoms with Crippen molar-refractivity contribution >= 4 is 23.2 Å². The molecular weight excluding hydrogens is 467 g/mol. The van der Waals surface area contributed by atoms with Gasteiger partial charge in [0.2, 0.25) is 5.91 Å². The first-order valence-electron chi connectivity index (χ1n) is 11.9. The third kappa shape index (κ3) is 5.85. The molecule has 0 spiro atoms. The molecule has 0 aliphatic carbocycles. The van der Waals surface area contributed by atoms with Crippen molar-refractivity contribution in [3.63, 3.8) is 0 Å². The second-order valence-corrected chi connectivity index (χ2v) is 10.7. The predicted octanol–water partition coefficient (Wildman–Crippen LogP) is 6.04. The zero-order valence-corrected chi connectivity index (χ0v) is 21.4. The maximum absolute atomic E-state index is 14.3. The highest BCUT2D eigenvalue weighted by atomic mass is 35.5. The Balaban J connectivity index is 1.56. The summed E-state index contributed by atoms with van der Waals surface area (Å²) in [6, 6.07) is 13.3. The molecule has 4 rings (SSSR count). The van der Waals surface area contributed by atoms with Crippen LogP contribution in [0.4, 0.5) is 10.1 Å². The van der Waals surface area contributed by atoms with E-state index in [0.29, 0.717) is 12.1 Å². The molecule has 0 bridgehead atoms. The first kappa shape index (κ1) is 25.2. The maximum atomic E-state index is 14.3. The Morgan fingerprint density at radius 2 is 1.91 bits per heavy atom. The molecule has 2 aromatic carbocycles. The van der Waals surface area contributed by atoms with Gasteiger partial charge in [0, 0.05) is 23.8 Å². The lowest BCUT2D eigenvalue weighted by Gasteiger charge is -2.21. The Labute approximate surface area is 210 Å². The van der Waals surface area contributed by atoms with Crippen molar-refractivity contribution in [1.82, 2.24) is 15.1 Å². The summed E-state index contributed by atoms with van der Waals surface area (Å²) in [6.07, 6.45) is 2.55. The molecule has 1 amide bonds. The molecule has 8 heteroatoms. The van der Waals surface area contributed by atoms with E-state index in [9.17, 15) is 9.18 Å². The highest BCUT2D eigenvalue weighted by Crippen LogP contribution is 2.41. The Hall–Kier alpha value is -2.90. The van der Waals surface area contributed by atoms with Gasteiger partial charge in [0.15, 0.2) is 0 Å². The van der Waals surface area contributed by atoms with E-state index in [2.05, 4.69) is 31.4 Å². The number of hydrogen-bond donors (Lipinski definition) is 2. The van der Waals surface area contributed by atoms with Crippen molar-refractivity contribution in [2.45, 2.75) is 70.7 Å². The first-order valence-corrected chi connectivity index (χ1v) is 12.2. The number of rotatable bonds is 6. The van der Waals surface area contributed by atoms with Crippen LogP contribution in [0.5, 0.6) is 5.75 Å². The minimum absolute atomic E-state index is 0.0690. The molecule has 0 saturated carbocycles. The molecule has 1 aliphatic rings. The number of anilines is 1. The molecule has 1 fully saturated rings. The topological polar surface area (TPSA) is 68.2 Å². The number of aromatic nitrogens is 2. The van der Waals surface area contributed by atoms with E-state index in [1.54, 1.807) is 12.1 Å². The SMILES string of the molecule is CC(C)Oc1ccc(NC(=O)[C@@H]2C[C@H](c3ccn(C(C)(C)C)n3)[C@H](c3ccc(Cl)c(F)c3)N2)cc1. The molecule has 1 aliphatic heterocycles. The number of nitrogens with zero attached hydrogens (tertiary/aromatic N) is 2. The van der Waals surface area contributed by atoms with Crippen molar-refractivity contribution in [3.8, 4) is 5.75 Å². The molecular formula is C27H32ClFN4O2. The van der Waals surface area contributed by atoms with Gasteiger partial charge in [-0.3, -0.25) is 14.8 Å². The second kappa shape index (κ2) is 9.99. The van der Waals surface area contributed by atoms with Crippen molar-refractivity contribution in [3.05, 3.63) is 76.8 Å². The maximum Gasteiger partial charge on any atom is 0.241 e. The molecule has 2 N–H and O–H groups in total. The monoisotopic (exact) mass is 498 g/mol. The largest absolute Gasteiger partial charge is 0.491 e. The van der Waals surface area contributed by atoms with Crippen LogP contribution in [0.1, 0.15) is 64.3 Å². The molecule has 6 nitrogen and oxygen atoms in total. The summed E-state index contributed by atoms with van der Waals surface area (Å²) in [4.78, 5) is 13.2. The van der Waals surface area contributed by atoms with Gasteiger partial charge >= 0.3 is 0 Å². The third-order valence-corrected chi connectivity index (χ3v) is 6.37. The van der Waals surface area contributed by atoms with E-state index in [0.717, 1.165) is 17.0 Å². The van der Waals surface area contributed by atoms with Crippen LogP contribution in [-0.2, 0) is 10.3 Å². The minimum Gasteiger partial charge on any atom is -0.491 e. The minimum atomic E-state index is -0.485. The van der Waals surface area contributed by atoms with Gasteiger partial charge in [0.25, 0.3) is 0 Å². The summed E-state index contributed by atoms with van der Waals surface area (Å²) in [5.74, 6) is -0.00526. The summed E-state index contributed by atoms with van der Waals surface area (Å²) >= 11 is 5.92. The zero-order chi connectivity index (χ0) is 25.3. The first-order chi connectivity index (χ1) is 16.5. The van der Waals surface area contributed by atoms with Gasteiger partial charge in [0.05, 0.1) is 28.4 Å². The van der Waals surface area contributed by atoms with Gasteiger partial charge in [0.1, 0.15) is 11.6 Å². The Bertz CT molecular complexity index is 1190. The summed E-state index contributed by atoms with van der Waals surface area (Å²) in [5, 5.41) is 11.3. The van der Waals surface area contributed by atoms with E-state index in [-0.39, 0.29) is 34.5 Å². The van der Waals surface area contributed by atoms with Gasteiger partial charge in [-0.2, -0.15) is 5.10 Å². The van der Waals surface area contributed by atoms with Crippen LogP contribution in [0.3, 0.4) is 0 Å². The molecule has 0 radical (unpaired) electrons. The van der Waals surface area contributed by atoms with Crippen molar-refractivity contribution < 1.29 is 13.9 Å². The van der Waals surface area contributed by atoms with Crippen molar-refractivity contribution in [2.24, 2.45) is 0 Å². The van der Waals surface area contributed by atoms with Crippen LogP contribution < -0.4 is 15.4 Å². The van der Waals surface area contributed by atoms with Crippen LogP contribution in [-0.4, -0.2) is 27.8 Å². The highest BCUT2D eigenvalue weighted by Gasteiger charge is 2.40. The number of hydrogen-bond acceptors (Lipinski definition) is 4. The van der Waals surface area contributed by atoms with Gasteiger partial charge in [-0.05, 0) is 89.1 Å². The third-order valence-electron chi connectivity index (χ3n) is 6.06. The number of benzene rings is 2. The Morgan fingerprint density at radius 3 is 2.51 bits per heavy atom. The average molecular weight is 499 g/mol. The Kier molecular flexibility index (Phi) is 7.20. The summed E-state index contributed by atoms with van der Waals surface area (Å²) in [7, 11) is 0. The van der Waals surface area contributed by atoms with Crippen LogP contribution in [0.15, 0.2) is 54.7 Å². The van der Waals surface area contributed by atoms with E-state index < -0.39 is 11.9 Å². The molecule has 0 unspecified atom stereocenters. The normalized spacial score (nSPS) is 20.3. The smallest absolute Gasteiger partial charge is 0.241 e. The number of amides is 1. The summed E-state index contributed by atoms with van der Waals surface area (Å²) in [5.41, 5.74) is 2.10. The lowest BCUT2D eigenvalue weighted by molar-refractivity contribution is -0.117. The molecule has 3 aromatic rings. The van der Waals surface area contributed by atoms with Crippen LogP contribution in [0, 0.1) is 5.82 Å². The fourth-order valence-corrected chi connectivity index (χ4v) is 4.44. The quantitative estimate of drug-likeness (QED) is 0.434. The molecule has 2 heterocycles. The average Bonchev–Trinajstić information content (AvgIpc) is 3.44. The number of carbonyl (C=O) groups is 1. The summed E-state index contributed by atoms with van der Waals surface area (Å²) < 4.78 is 21.9. The van der Waals surface area contributed by atoms with Crippen LogP contribution in [0.25, 0.3) is 0 Å². The van der Waals surface area contributed by atoms with Gasteiger partial charge < -0.3 is 10.1 Å². The van der Waals surface area contributed by atoms with Gasteiger partial charge in [-0.15, -0.1) is 0 Å². The van der Waals surface area contributed by atoms with E-state index in [1.165, 1.54) is 6.07 Å². The lowest BCUT2D eigenvalue weighted by Crippen LogP contribution is -2.36. The Morgan fingerprint density at radius 1 is 1.20 bits per heavy atom. The van der Waals surface area contributed by atoms with E-state index >= 15 is 0 Å². The number of halogens is 2. The second-order valence-electron chi connectivity index (χ2n) is 10.2. The van der Waals surface area contributed by atoms with Gasteiger partial charge in [-0.1, -0.05) is 17.7 Å². The van der Waals surface area contributed by atoms with Crippen molar-refractivity contribution in [2.75, 3.05) is 5.32 Å². The number of nitrogens with one attached hydrogen (secondary N) is 2. The lowest BCUT2D eigenvalue weighted by atomic mass is 9.90. The number of ether oxygens (including phenoxy) is 1.